The van der Waals surface area contributed by atoms with Crippen LogP contribution in [0.1, 0.15) is 31.2 Å². The number of hydrogen-bond donors (Lipinski definition) is 2. The van der Waals surface area contributed by atoms with Gasteiger partial charge in [-0.3, -0.25) is 4.79 Å². The standard InChI is InChI=1S/C15H20N2O3S/c1-3-4-12(18)8-16-14(19)7-11-9-21-15(17-11)13-6-5-10(2)20-13/h5-6,9,12,18H,3-4,7-8H2,1-2H3,(H,16,19). The molecule has 0 fully saturated rings. The van der Waals surface area contributed by atoms with Crippen molar-refractivity contribution in [2.45, 2.75) is 39.2 Å². The second-order valence-corrected chi connectivity index (χ2v) is 5.84. The third-order valence-corrected chi connectivity index (χ3v) is 3.91. The normalized spacial score (nSPS) is 12.3. The van der Waals surface area contributed by atoms with Crippen LogP contribution in [-0.2, 0) is 11.2 Å². The van der Waals surface area contributed by atoms with Crippen molar-refractivity contribution in [1.82, 2.24) is 10.3 Å². The number of amides is 1. The molecule has 1 unspecified atom stereocenters. The average Bonchev–Trinajstić information content (AvgIpc) is 3.06. The van der Waals surface area contributed by atoms with Gasteiger partial charge in [0.25, 0.3) is 0 Å². The molecule has 2 heterocycles. The second-order valence-electron chi connectivity index (χ2n) is 4.98. The lowest BCUT2D eigenvalue weighted by Crippen LogP contribution is -2.33. The van der Waals surface area contributed by atoms with Gasteiger partial charge < -0.3 is 14.8 Å². The lowest BCUT2D eigenvalue weighted by molar-refractivity contribution is -0.120. The molecule has 0 radical (unpaired) electrons. The lowest BCUT2D eigenvalue weighted by atomic mass is 10.2. The van der Waals surface area contributed by atoms with Crippen molar-refractivity contribution in [1.29, 1.82) is 0 Å². The van der Waals surface area contributed by atoms with Crippen molar-refractivity contribution >= 4 is 17.2 Å². The Morgan fingerprint density at radius 3 is 3.00 bits per heavy atom. The minimum Gasteiger partial charge on any atom is -0.459 e. The van der Waals surface area contributed by atoms with Gasteiger partial charge in [0.2, 0.25) is 5.91 Å². The first-order valence-electron chi connectivity index (χ1n) is 7.04. The molecule has 114 valence electrons. The first-order chi connectivity index (χ1) is 10.1. The van der Waals surface area contributed by atoms with E-state index in [1.807, 2.05) is 31.4 Å². The maximum atomic E-state index is 11.8. The summed E-state index contributed by atoms with van der Waals surface area (Å²) in [4.78, 5) is 16.2. The smallest absolute Gasteiger partial charge is 0.226 e. The molecule has 0 bridgehead atoms. The van der Waals surface area contributed by atoms with Crippen LogP contribution in [0.4, 0.5) is 0 Å². The molecule has 0 aliphatic carbocycles. The molecule has 2 rings (SSSR count). The number of aromatic nitrogens is 1. The topological polar surface area (TPSA) is 75.4 Å². The molecule has 1 amide bonds. The number of nitrogens with zero attached hydrogens (tertiary/aromatic N) is 1. The van der Waals surface area contributed by atoms with Crippen molar-refractivity contribution in [2.75, 3.05) is 6.54 Å². The Bertz CT molecular complexity index is 591. The number of aryl methyl sites for hydroxylation is 1. The molecule has 0 aromatic carbocycles. The summed E-state index contributed by atoms with van der Waals surface area (Å²) in [6.07, 6.45) is 1.33. The average molecular weight is 308 g/mol. The van der Waals surface area contributed by atoms with Gasteiger partial charge in [0.15, 0.2) is 10.8 Å². The van der Waals surface area contributed by atoms with E-state index in [1.165, 1.54) is 11.3 Å². The van der Waals surface area contributed by atoms with E-state index in [2.05, 4.69) is 10.3 Å². The predicted octanol–water partition coefficient (Wildman–Crippen LogP) is 2.53. The zero-order valence-electron chi connectivity index (χ0n) is 12.3. The number of aliphatic hydroxyl groups excluding tert-OH is 1. The van der Waals surface area contributed by atoms with Crippen LogP contribution in [0.25, 0.3) is 10.8 Å². The fourth-order valence-electron chi connectivity index (χ4n) is 1.94. The van der Waals surface area contributed by atoms with Crippen LogP contribution < -0.4 is 5.32 Å². The van der Waals surface area contributed by atoms with E-state index in [1.54, 1.807) is 0 Å². The van der Waals surface area contributed by atoms with Crippen molar-refractivity contribution in [3.8, 4) is 10.8 Å². The number of aliphatic hydroxyl groups is 1. The monoisotopic (exact) mass is 308 g/mol. The summed E-state index contributed by atoms with van der Waals surface area (Å²) in [5, 5.41) is 14.9. The first kappa shape index (κ1) is 15.7. The van der Waals surface area contributed by atoms with Crippen molar-refractivity contribution in [3.05, 3.63) is 29.0 Å². The maximum absolute atomic E-state index is 11.8. The fourth-order valence-corrected chi connectivity index (χ4v) is 2.72. The summed E-state index contributed by atoms with van der Waals surface area (Å²) in [7, 11) is 0. The van der Waals surface area contributed by atoms with E-state index in [0.717, 1.165) is 22.9 Å². The van der Waals surface area contributed by atoms with Gasteiger partial charge in [-0.15, -0.1) is 11.3 Å². The van der Waals surface area contributed by atoms with Gasteiger partial charge in [-0.25, -0.2) is 4.98 Å². The molecular weight excluding hydrogens is 288 g/mol. The molecule has 6 heteroatoms. The van der Waals surface area contributed by atoms with Crippen molar-refractivity contribution in [2.24, 2.45) is 0 Å². The molecule has 0 saturated heterocycles. The summed E-state index contributed by atoms with van der Waals surface area (Å²) < 4.78 is 5.51. The number of carbonyl (C=O) groups excluding carboxylic acids is 1. The largest absolute Gasteiger partial charge is 0.459 e. The van der Waals surface area contributed by atoms with E-state index < -0.39 is 6.10 Å². The fraction of sp³-hybridized carbons (Fsp3) is 0.467. The number of nitrogens with one attached hydrogen (secondary N) is 1. The number of rotatable bonds is 7. The molecule has 2 aromatic heterocycles. The Kier molecular flexibility index (Phi) is 5.52. The Morgan fingerprint density at radius 2 is 2.33 bits per heavy atom. The molecule has 0 spiro atoms. The van der Waals surface area contributed by atoms with Crippen LogP contribution in [-0.4, -0.2) is 28.6 Å². The Hall–Kier alpha value is -1.66. The van der Waals surface area contributed by atoms with Gasteiger partial charge >= 0.3 is 0 Å². The summed E-state index contributed by atoms with van der Waals surface area (Å²) >= 11 is 1.46. The molecule has 0 aliphatic heterocycles. The highest BCUT2D eigenvalue weighted by Gasteiger charge is 2.12. The third kappa shape index (κ3) is 4.68. The zero-order valence-corrected chi connectivity index (χ0v) is 13.1. The molecule has 5 nitrogen and oxygen atoms in total. The van der Waals surface area contributed by atoms with Crippen molar-refractivity contribution < 1.29 is 14.3 Å². The molecule has 2 aromatic rings. The molecule has 0 saturated carbocycles. The first-order valence-corrected chi connectivity index (χ1v) is 7.92. The summed E-state index contributed by atoms with van der Waals surface area (Å²) in [6.45, 7) is 4.17. The van der Waals surface area contributed by atoms with Gasteiger partial charge in [0.1, 0.15) is 5.76 Å². The number of carbonyl (C=O) groups is 1. The van der Waals surface area contributed by atoms with E-state index in [0.29, 0.717) is 18.7 Å². The molecule has 2 N–H and O–H groups in total. The molecule has 21 heavy (non-hydrogen) atoms. The quantitative estimate of drug-likeness (QED) is 0.824. The van der Waals surface area contributed by atoms with Crippen LogP contribution in [0.2, 0.25) is 0 Å². The predicted molar refractivity (Wildman–Crippen MR) is 82.2 cm³/mol. The second kappa shape index (κ2) is 7.38. The molecule has 1 atom stereocenters. The van der Waals surface area contributed by atoms with Crippen LogP contribution in [0, 0.1) is 6.92 Å². The van der Waals surface area contributed by atoms with Crippen LogP contribution in [0.3, 0.4) is 0 Å². The van der Waals surface area contributed by atoms with Gasteiger partial charge in [-0.1, -0.05) is 13.3 Å². The van der Waals surface area contributed by atoms with E-state index in [4.69, 9.17) is 4.42 Å². The molecular formula is C15H20N2O3S. The van der Waals surface area contributed by atoms with Gasteiger partial charge in [0, 0.05) is 11.9 Å². The van der Waals surface area contributed by atoms with E-state index in [-0.39, 0.29) is 12.3 Å². The number of thiazole rings is 1. The highest BCUT2D eigenvalue weighted by Crippen LogP contribution is 2.25. The minimum absolute atomic E-state index is 0.127. The van der Waals surface area contributed by atoms with E-state index >= 15 is 0 Å². The van der Waals surface area contributed by atoms with Crippen molar-refractivity contribution in [3.63, 3.8) is 0 Å². The van der Waals surface area contributed by atoms with Gasteiger partial charge in [-0.2, -0.15) is 0 Å². The van der Waals surface area contributed by atoms with Gasteiger partial charge in [-0.05, 0) is 25.5 Å². The summed E-state index contributed by atoms with van der Waals surface area (Å²) in [5.41, 5.74) is 0.714. The van der Waals surface area contributed by atoms with Crippen LogP contribution >= 0.6 is 11.3 Å². The maximum Gasteiger partial charge on any atom is 0.226 e. The van der Waals surface area contributed by atoms with Gasteiger partial charge in [0.05, 0.1) is 18.2 Å². The Morgan fingerprint density at radius 1 is 1.52 bits per heavy atom. The van der Waals surface area contributed by atoms with Crippen LogP contribution in [0.5, 0.6) is 0 Å². The number of hydrogen-bond acceptors (Lipinski definition) is 5. The summed E-state index contributed by atoms with van der Waals surface area (Å²) in [5.74, 6) is 1.43. The lowest BCUT2D eigenvalue weighted by Gasteiger charge is -2.09. The molecule has 0 aliphatic rings. The van der Waals surface area contributed by atoms with Crippen LogP contribution in [0.15, 0.2) is 21.9 Å². The number of furan rings is 1. The minimum atomic E-state index is -0.476. The SMILES string of the molecule is CCCC(O)CNC(=O)Cc1csc(-c2ccc(C)o2)n1. The Balaban J connectivity index is 1.86. The summed E-state index contributed by atoms with van der Waals surface area (Å²) in [6, 6.07) is 3.76. The highest BCUT2D eigenvalue weighted by molar-refractivity contribution is 7.13. The highest BCUT2D eigenvalue weighted by atomic mass is 32.1. The van der Waals surface area contributed by atoms with E-state index in [9.17, 15) is 9.90 Å². The zero-order chi connectivity index (χ0) is 15.2. The third-order valence-electron chi connectivity index (χ3n) is 3.00. The Labute approximate surface area is 128 Å².